The molecule has 0 unspecified atom stereocenters. The van der Waals surface area contributed by atoms with Gasteiger partial charge in [-0.1, -0.05) is 24.9 Å². The summed E-state index contributed by atoms with van der Waals surface area (Å²) in [7, 11) is 3.53. The summed E-state index contributed by atoms with van der Waals surface area (Å²) in [6, 6.07) is 0.150. The van der Waals surface area contributed by atoms with Crippen molar-refractivity contribution in [2.24, 2.45) is 11.1 Å². The molecule has 4 heteroatoms. The van der Waals surface area contributed by atoms with Crippen LogP contribution in [0.5, 0.6) is 0 Å². The Morgan fingerprint density at radius 3 is 2.50 bits per heavy atom. The third-order valence-corrected chi connectivity index (χ3v) is 2.01. The molecule has 0 saturated carbocycles. The molecule has 0 rings (SSSR count). The van der Waals surface area contributed by atoms with Crippen LogP contribution in [0.3, 0.4) is 0 Å². The lowest BCUT2D eigenvalue weighted by Crippen LogP contribution is -2.34. The maximum atomic E-state index is 5.26. The minimum absolute atomic E-state index is 0.150. The fourth-order valence-corrected chi connectivity index (χ4v) is 1.01. The molecule has 1 atom stereocenters. The van der Waals surface area contributed by atoms with E-state index in [4.69, 9.17) is 9.57 Å². The number of oxime groups is 1. The van der Waals surface area contributed by atoms with Gasteiger partial charge in [-0.15, -0.1) is 0 Å². The van der Waals surface area contributed by atoms with Crippen LogP contribution in [0.2, 0.25) is 0 Å². The van der Waals surface area contributed by atoms with E-state index >= 15 is 0 Å². The van der Waals surface area contributed by atoms with Gasteiger partial charge < -0.3 is 14.9 Å². The predicted molar refractivity (Wildman–Crippen MR) is 66.4 cm³/mol. The summed E-state index contributed by atoms with van der Waals surface area (Å²) in [6.45, 7) is 6.95. The molecule has 0 aromatic carbocycles. The van der Waals surface area contributed by atoms with Gasteiger partial charge in [-0.25, -0.2) is 0 Å². The smallest absolute Gasteiger partial charge is 0.134 e. The van der Waals surface area contributed by atoms with Crippen molar-refractivity contribution in [1.82, 2.24) is 5.32 Å². The molecule has 0 aromatic heterocycles. The highest BCUT2D eigenvalue weighted by Crippen LogP contribution is 1.97. The van der Waals surface area contributed by atoms with E-state index < -0.39 is 0 Å². The summed E-state index contributed by atoms with van der Waals surface area (Å²) >= 11 is 0. The van der Waals surface area contributed by atoms with Crippen molar-refractivity contribution in [2.45, 2.75) is 26.8 Å². The molecule has 4 nitrogen and oxygen atoms in total. The van der Waals surface area contributed by atoms with Gasteiger partial charge in [0, 0.05) is 13.0 Å². The van der Waals surface area contributed by atoms with Crippen LogP contribution in [-0.4, -0.2) is 39.1 Å². The summed E-state index contributed by atoms with van der Waals surface area (Å²) in [5.41, 5.74) is 0.773. The predicted octanol–water partition coefficient (Wildman–Crippen LogP) is 1.27. The van der Waals surface area contributed by atoms with E-state index in [1.165, 1.54) is 0 Å². The lowest BCUT2D eigenvalue weighted by atomic mass is 10.1. The number of hydrogen-bond donors (Lipinski definition) is 1. The fourth-order valence-electron chi connectivity index (χ4n) is 1.01. The maximum absolute atomic E-state index is 5.26. The Labute approximate surface area is 98.4 Å². The summed E-state index contributed by atoms with van der Waals surface area (Å²) in [5, 5.41) is 7.11. The van der Waals surface area contributed by atoms with Crippen LogP contribution in [0.15, 0.2) is 5.16 Å². The highest BCUT2D eigenvalue weighted by Gasteiger charge is 2.07. The van der Waals surface area contributed by atoms with E-state index in [-0.39, 0.29) is 12.0 Å². The molecule has 0 aliphatic carbocycles. The Morgan fingerprint density at radius 1 is 1.38 bits per heavy atom. The zero-order valence-corrected chi connectivity index (χ0v) is 10.8. The third kappa shape index (κ3) is 6.44. The number of methoxy groups -OCH3 is 1. The van der Waals surface area contributed by atoms with Crippen LogP contribution < -0.4 is 5.32 Å². The van der Waals surface area contributed by atoms with Gasteiger partial charge >= 0.3 is 0 Å². The molecule has 0 fully saturated rings. The Balaban J connectivity index is 4.15. The Morgan fingerprint density at radius 2 is 2.06 bits per heavy atom. The normalized spacial score (nSPS) is 13.2. The average Bonchev–Trinajstić information content (AvgIpc) is 2.26. The first-order valence-corrected chi connectivity index (χ1v) is 5.44. The maximum Gasteiger partial charge on any atom is 0.134 e. The lowest BCUT2D eigenvalue weighted by molar-refractivity contribution is 0.0810. The van der Waals surface area contributed by atoms with Gasteiger partial charge in [0.05, 0.1) is 12.6 Å². The molecule has 0 radical (unpaired) electrons. The largest absolute Gasteiger partial charge is 0.393 e. The molecule has 1 N–H and O–H groups in total. The van der Waals surface area contributed by atoms with Gasteiger partial charge in [-0.05, 0) is 19.9 Å². The molecule has 92 valence electrons. The van der Waals surface area contributed by atoms with Gasteiger partial charge in [-0.3, -0.25) is 0 Å². The zero-order chi connectivity index (χ0) is 12.4. The van der Waals surface area contributed by atoms with Gasteiger partial charge in [0.2, 0.25) is 0 Å². The van der Waals surface area contributed by atoms with Gasteiger partial charge in [0.25, 0.3) is 0 Å². The van der Waals surface area contributed by atoms with Crippen molar-refractivity contribution in [1.29, 1.82) is 0 Å². The minimum Gasteiger partial charge on any atom is -0.393 e. The average molecular weight is 226 g/mol. The van der Waals surface area contributed by atoms with Crippen molar-refractivity contribution in [3.8, 4) is 11.8 Å². The summed E-state index contributed by atoms with van der Waals surface area (Å²) in [6.07, 6.45) is 0. The number of nitrogens with zero attached hydrogens (tertiary/aromatic N) is 1. The second kappa shape index (κ2) is 9.20. The van der Waals surface area contributed by atoms with E-state index in [0.29, 0.717) is 13.2 Å². The van der Waals surface area contributed by atoms with Crippen LogP contribution in [0.25, 0.3) is 0 Å². The van der Waals surface area contributed by atoms with Crippen LogP contribution >= 0.6 is 0 Å². The molecule has 0 heterocycles. The van der Waals surface area contributed by atoms with Crippen LogP contribution in [0.4, 0.5) is 0 Å². The van der Waals surface area contributed by atoms with Crippen LogP contribution in [0.1, 0.15) is 20.8 Å². The second-order valence-corrected chi connectivity index (χ2v) is 3.74. The van der Waals surface area contributed by atoms with Crippen LogP contribution in [-0.2, 0) is 9.57 Å². The number of rotatable bonds is 7. The first-order chi connectivity index (χ1) is 7.65. The van der Waals surface area contributed by atoms with E-state index in [1.807, 2.05) is 20.9 Å². The Bertz CT molecular complexity index is 264. The standard InChI is InChI=1S/C12H22N2O2/c1-6-7-12(10(2)3)14-16-9-11(13-4)8-15-5/h10-11,13H,8-9H2,1-5H3/b14-12+/t11-/m1/s1. The van der Waals surface area contributed by atoms with Gasteiger partial charge in [0.15, 0.2) is 0 Å². The molecule has 0 bridgehead atoms. The fraction of sp³-hybridized carbons (Fsp3) is 0.750. The lowest BCUT2D eigenvalue weighted by Gasteiger charge is -2.13. The third-order valence-electron chi connectivity index (χ3n) is 2.01. The van der Waals surface area contributed by atoms with E-state index in [0.717, 1.165) is 5.71 Å². The van der Waals surface area contributed by atoms with Crippen LogP contribution in [0, 0.1) is 17.8 Å². The number of nitrogens with one attached hydrogen (secondary N) is 1. The summed E-state index contributed by atoms with van der Waals surface area (Å²) < 4.78 is 5.03. The van der Waals surface area contributed by atoms with E-state index in [2.05, 4.69) is 22.3 Å². The summed E-state index contributed by atoms with van der Waals surface area (Å²) in [4.78, 5) is 5.26. The molecule has 0 aliphatic heterocycles. The zero-order valence-electron chi connectivity index (χ0n) is 10.8. The van der Waals surface area contributed by atoms with E-state index in [9.17, 15) is 0 Å². The molecule has 0 spiro atoms. The highest BCUT2D eigenvalue weighted by atomic mass is 16.6. The summed E-state index contributed by atoms with van der Waals surface area (Å²) in [5.74, 6) is 6.03. The molecular formula is C12H22N2O2. The van der Waals surface area contributed by atoms with Crippen molar-refractivity contribution in [3.63, 3.8) is 0 Å². The quantitative estimate of drug-likeness (QED) is 0.404. The highest BCUT2D eigenvalue weighted by molar-refractivity contribution is 6.01. The van der Waals surface area contributed by atoms with Crippen molar-refractivity contribution >= 4 is 5.71 Å². The number of likely N-dealkylation sites (N-methyl/N-ethyl adjacent to an activating group) is 1. The molecule has 0 aromatic rings. The molecule has 0 saturated heterocycles. The van der Waals surface area contributed by atoms with Crippen molar-refractivity contribution in [3.05, 3.63) is 0 Å². The monoisotopic (exact) mass is 226 g/mol. The SMILES string of the molecule is CC#C/C(=N\OC[C@@H](COC)NC)C(C)C. The van der Waals surface area contributed by atoms with Gasteiger partial charge in [0.1, 0.15) is 12.3 Å². The first kappa shape index (κ1) is 14.9. The number of ether oxygens (including phenoxy) is 1. The number of hydrogen-bond acceptors (Lipinski definition) is 4. The molecule has 0 amide bonds. The van der Waals surface area contributed by atoms with Crippen molar-refractivity contribution in [2.75, 3.05) is 27.4 Å². The van der Waals surface area contributed by atoms with Gasteiger partial charge in [-0.2, -0.15) is 0 Å². The molecular weight excluding hydrogens is 204 g/mol. The van der Waals surface area contributed by atoms with Crippen molar-refractivity contribution < 1.29 is 9.57 Å². The Kier molecular flexibility index (Phi) is 8.59. The minimum atomic E-state index is 0.150. The first-order valence-electron chi connectivity index (χ1n) is 5.44. The van der Waals surface area contributed by atoms with E-state index in [1.54, 1.807) is 14.0 Å². The Hall–Kier alpha value is -1.05. The molecule has 16 heavy (non-hydrogen) atoms. The second-order valence-electron chi connectivity index (χ2n) is 3.74. The molecule has 0 aliphatic rings. The topological polar surface area (TPSA) is 42.9 Å².